The van der Waals surface area contributed by atoms with E-state index in [0.717, 1.165) is 29.4 Å². The summed E-state index contributed by atoms with van der Waals surface area (Å²) in [6.07, 6.45) is 2.12. The van der Waals surface area contributed by atoms with Gasteiger partial charge in [-0.15, -0.1) is 0 Å². The maximum absolute atomic E-state index is 5.96. The molecule has 0 fully saturated rings. The second-order valence-electron chi connectivity index (χ2n) is 3.63. The summed E-state index contributed by atoms with van der Waals surface area (Å²) in [7, 11) is 1.68. The Kier molecular flexibility index (Phi) is 6.03. The minimum atomic E-state index is 0.616. The van der Waals surface area contributed by atoms with Crippen LogP contribution in [-0.2, 0) is 6.54 Å². The highest BCUT2D eigenvalue weighted by Crippen LogP contribution is 2.22. The highest BCUT2D eigenvalue weighted by atomic mass is 35.5. The zero-order chi connectivity index (χ0) is 12.0. The summed E-state index contributed by atoms with van der Waals surface area (Å²) in [5.74, 6) is 0.883. The number of ether oxygens (including phenoxy) is 1. The van der Waals surface area contributed by atoms with E-state index in [2.05, 4.69) is 18.5 Å². The standard InChI is InChI=1S/C12H18ClNOS/c1-9(16-3)7-14-8-10-6-11(13)4-5-12(10)15-2/h4-6,9,14H,7-8H2,1-3H3. The molecule has 0 aromatic heterocycles. The highest BCUT2D eigenvalue weighted by Gasteiger charge is 2.04. The van der Waals surface area contributed by atoms with Crippen molar-refractivity contribution in [2.75, 3.05) is 19.9 Å². The first-order valence-corrected chi connectivity index (χ1v) is 6.90. The van der Waals surface area contributed by atoms with Crippen LogP contribution >= 0.6 is 23.4 Å². The van der Waals surface area contributed by atoms with E-state index in [0.29, 0.717) is 5.25 Å². The lowest BCUT2D eigenvalue weighted by Gasteiger charge is -2.12. The van der Waals surface area contributed by atoms with E-state index >= 15 is 0 Å². The maximum Gasteiger partial charge on any atom is 0.123 e. The first kappa shape index (κ1) is 13.7. The van der Waals surface area contributed by atoms with Crippen molar-refractivity contribution in [3.8, 4) is 5.75 Å². The molecule has 0 amide bonds. The summed E-state index contributed by atoms with van der Waals surface area (Å²) in [6, 6.07) is 5.68. The van der Waals surface area contributed by atoms with Gasteiger partial charge in [-0.2, -0.15) is 11.8 Å². The molecule has 2 nitrogen and oxygen atoms in total. The SMILES string of the molecule is COc1ccc(Cl)cc1CNCC(C)SC. The Morgan fingerprint density at radius 3 is 2.88 bits per heavy atom. The van der Waals surface area contributed by atoms with Gasteiger partial charge in [-0.05, 0) is 24.5 Å². The molecule has 1 aromatic rings. The van der Waals surface area contributed by atoms with Crippen LogP contribution in [0.4, 0.5) is 0 Å². The normalized spacial score (nSPS) is 12.5. The van der Waals surface area contributed by atoms with E-state index in [9.17, 15) is 0 Å². The summed E-state index contributed by atoms with van der Waals surface area (Å²) < 4.78 is 5.28. The summed E-state index contributed by atoms with van der Waals surface area (Å²) in [5.41, 5.74) is 1.10. The van der Waals surface area contributed by atoms with Gasteiger partial charge in [0, 0.05) is 28.9 Å². The van der Waals surface area contributed by atoms with Crippen LogP contribution in [0.2, 0.25) is 5.02 Å². The van der Waals surface area contributed by atoms with E-state index in [4.69, 9.17) is 16.3 Å². The number of thioether (sulfide) groups is 1. The summed E-state index contributed by atoms with van der Waals surface area (Å²) in [4.78, 5) is 0. The minimum Gasteiger partial charge on any atom is -0.496 e. The summed E-state index contributed by atoms with van der Waals surface area (Å²) in [6.45, 7) is 3.97. The van der Waals surface area contributed by atoms with Crippen LogP contribution in [0.1, 0.15) is 12.5 Å². The monoisotopic (exact) mass is 259 g/mol. The lowest BCUT2D eigenvalue weighted by Crippen LogP contribution is -2.22. The van der Waals surface area contributed by atoms with E-state index < -0.39 is 0 Å². The third-order valence-electron chi connectivity index (χ3n) is 2.39. The van der Waals surface area contributed by atoms with E-state index in [1.807, 2.05) is 30.0 Å². The second-order valence-corrected chi connectivity index (χ2v) is 5.35. The van der Waals surface area contributed by atoms with Crippen molar-refractivity contribution in [1.82, 2.24) is 5.32 Å². The first-order valence-electron chi connectivity index (χ1n) is 5.23. The van der Waals surface area contributed by atoms with Gasteiger partial charge in [0.15, 0.2) is 0 Å². The molecule has 16 heavy (non-hydrogen) atoms. The molecule has 0 spiro atoms. The predicted octanol–water partition coefficient (Wildman–Crippen LogP) is 3.19. The molecule has 1 aromatic carbocycles. The molecule has 1 unspecified atom stereocenters. The molecule has 0 bridgehead atoms. The number of halogens is 1. The molecule has 0 saturated heterocycles. The number of hydrogen-bond donors (Lipinski definition) is 1. The zero-order valence-electron chi connectivity index (χ0n) is 9.92. The smallest absolute Gasteiger partial charge is 0.123 e. The second kappa shape index (κ2) is 7.05. The van der Waals surface area contributed by atoms with Crippen molar-refractivity contribution in [2.45, 2.75) is 18.7 Å². The topological polar surface area (TPSA) is 21.3 Å². The maximum atomic E-state index is 5.96. The van der Waals surface area contributed by atoms with Gasteiger partial charge in [-0.25, -0.2) is 0 Å². The molecule has 4 heteroatoms. The molecule has 0 aliphatic heterocycles. The minimum absolute atomic E-state index is 0.616. The fourth-order valence-electron chi connectivity index (χ4n) is 1.38. The Morgan fingerprint density at radius 1 is 1.50 bits per heavy atom. The van der Waals surface area contributed by atoms with Crippen LogP contribution in [0, 0.1) is 0 Å². The average Bonchev–Trinajstić information content (AvgIpc) is 2.29. The Balaban J connectivity index is 2.55. The molecule has 0 heterocycles. The third kappa shape index (κ3) is 4.24. The molecule has 1 N–H and O–H groups in total. The average molecular weight is 260 g/mol. The lowest BCUT2D eigenvalue weighted by atomic mass is 10.2. The molecular weight excluding hydrogens is 242 g/mol. The molecule has 90 valence electrons. The van der Waals surface area contributed by atoms with Crippen LogP contribution in [0.5, 0.6) is 5.75 Å². The molecule has 0 saturated carbocycles. The van der Waals surface area contributed by atoms with Crippen LogP contribution in [-0.4, -0.2) is 25.2 Å². The van der Waals surface area contributed by atoms with Gasteiger partial charge in [-0.1, -0.05) is 18.5 Å². The predicted molar refractivity (Wildman–Crippen MR) is 72.7 cm³/mol. The van der Waals surface area contributed by atoms with E-state index in [-0.39, 0.29) is 0 Å². The zero-order valence-corrected chi connectivity index (χ0v) is 11.5. The van der Waals surface area contributed by atoms with Gasteiger partial charge in [0.1, 0.15) is 5.75 Å². The molecule has 1 rings (SSSR count). The molecule has 0 radical (unpaired) electrons. The van der Waals surface area contributed by atoms with Crippen molar-refractivity contribution in [2.24, 2.45) is 0 Å². The van der Waals surface area contributed by atoms with Crippen molar-refractivity contribution >= 4 is 23.4 Å². The third-order valence-corrected chi connectivity index (χ3v) is 3.60. The fourth-order valence-corrected chi connectivity index (χ4v) is 1.86. The van der Waals surface area contributed by atoms with Crippen molar-refractivity contribution in [3.63, 3.8) is 0 Å². The number of nitrogens with one attached hydrogen (secondary N) is 1. The number of benzene rings is 1. The van der Waals surface area contributed by atoms with Crippen molar-refractivity contribution in [3.05, 3.63) is 28.8 Å². The quantitative estimate of drug-likeness (QED) is 0.848. The van der Waals surface area contributed by atoms with Crippen LogP contribution in [0.15, 0.2) is 18.2 Å². The Morgan fingerprint density at radius 2 is 2.25 bits per heavy atom. The van der Waals surface area contributed by atoms with Crippen molar-refractivity contribution < 1.29 is 4.74 Å². The number of hydrogen-bond acceptors (Lipinski definition) is 3. The van der Waals surface area contributed by atoms with Crippen LogP contribution < -0.4 is 10.1 Å². The van der Waals surface area contributed by atoms with Gasteiger partial charge in [0.25, 0.3) is 0 Å². The van der Waals surface area contributed by atoms with Crippen LogP contribution in [0.25, 0.3) is 0 Å². The van der Waals surface area contributed by atoms with Gasteiger partial charge in [-0.3, -0.25) is 0 Å². The Bertz CT molecular complexity index is 333. The van der Waals surface area contributed by atoms with Crippen LogP contribution in [0.3, 0.4) is 0 Å². The number of rotatable bonds is 6. The molecule has 0 aliphatic carbocycles. The summed E-state index contributed by atoms with van der Waals surface area (Å²) >= 11 is 7.81. The highest BCUT2D eigenvalue weighted by molar-refractivity contribution is 7.99. The van der Waals surface area contributed by atoms with E-state index in [1.54, 1.807) is 7.11 Å². The largest absolute Gasteiger partial charge is 0.496 e. The van der Waals surface area contributed by atoms with Gasteiger partial charge in [0.2, 0.25) is 0 Å². The summed E-state index contributed by atoms with van der Waals surface area (Å²) in [5, 5.41) is 4.76. The van der Waals surface area contributed by atoms with Crippen molar-refractivity contribution in [1.29, 1.82) is 0 Å². The van der Waals surface area contributed by atoms with Gasteiger partial charge >= 0.3 is 0 Å². The van der Waals surface area contributed by atoms with Gasteiger partial charge < -0.3 is 10.1 Å². The lowest BCUT2D eigenvalue weighted by molar-refractivity contribution is 0.408. The molecule has 0 aliphatic rings. The Labute approximate surface area is 107 Å². The molecular formula is C12H18ClNOS. The fraction of sp³-hybridized carbons (Fsp3) is 0.500. The molecule has 1 atom stereocenters. The first-order chi connectivity index (χ1) is 7.67. The van der Waals surface area contributed by atoms with E-state index in [1.165, 1.54) is 0 Å². The Hall–Kier alpha value is -0.380. The number of methoxy groups -OCH3 is 1. The van der Waals surface area contributed by atoms with Gasteiger partial charge in [0.05, 0.1) is 7.11 Å².